The fraction of sp³-hybridized carbons (Fsp3) is 0.909. The van der Waals surface area contributed by atoms with Crippen LogP contribution >= 0.6 is 0 Å². The Morgan fingerprint density at radius 2 is 1.14 bits per heavy atom. The van der Waals surface area contributed by atoms with Crippen molar-refractivity contribution in [2.24, 2.45) is 0 Å². The standard InChI is InChI=1S/C11H22O9S/c12-11(13)1-2-17-3-4-18-5-6-19-7-8-20-9-10-21(14,15)16/h1-10H2,(H,12,13)(H,14,15,16). The van der Waals surface area contributed by atoms with Crippen molar-refractivity contribution >= 4 is 16.1 Å². The lowest BCUT2D eigenvalue weighted by atomic mass is 10.5. The van der Waals surface area contributed by atoms with Gasteiger partial charge in [-0.15, -0.1) is 0 Å². The van der Waals surface area contributed by atoms with E-state index >= 15 is 0 Å². The van der Waals surface area contributed by atoms with Crippen molar-refractivity contribution in [1.82, 2.24) is 0 Å². The molecule has 0 amide bonds. The molecular formula is C11H22O9S. The van der Waals surface area contributed by atoms with Crippen molar-refractivity contribution < 1.29 is 41.8 Å². The van der Waals surface area contributed by atoms with Crippen LogP contribution in [0, 0.1) is 0 Å². The van der Waals surface area contributed by atoms with Crippen LogP contribution in [0.5, 0.6) is 0 Å². The van der Waals surface area contributed by atoms with Gasteiger partial charge in [-0.3, -0.25) is 9.35 Å². The fourth-order valence-electron chi connectivity index (χ4n) is 1.09. The summed E-state index contributed by atoms with van der Waals surface area (Å²) < 4.78 is 49.4. The van der Waals surface area contributed by atoms with E-state index in [1.165, 1.54) is 0 Å². The van der Waals surface area contributed by atoms with Crippen molar-refractivity contribution in [3.8, 4) is 0 Å². The number of aliphatic carboxylic acids is 1. The molecule has 0 aromatic carbocycles. The summed E-state index contributed by atoms with van der Waals surface area (Å²) in [5.74, 6) is -1.33. The van der Waals surface area contributed by atoms with Crippen LogP contribution < -0.4 is 0 Å². The molecule has 0 aliphatic heterocycles. The molecule has 0 aromatic heterocycles. The quantitative estimate of drug-likeness (QED) is 0.299. The maximum Gasteiger partial charge on any atom is 0.305 e. The second-order valence-corrected chi connectivity index (χ2v) is 5.45. The van der Waals surface area contributed by atoms with E-state index in [1.807, 2.05) is 0 Å². The molecule has 126 valence electrons. The van der Waals surface area contributed by atoms with E-state index in [0.717, 1.165) is 0 Å². The SMILES string of the molecule is O=C(O)CCOCCOCCOCCOCCS(=O)(=O)O. The molecule has 0 aliphatic carbocycles. The monoisotopic (exact) mass is 330 g/mol. The van der Waals surface area contributed by atoms with Gasteiger partial charge in [-0.25, -0.2) is 0 Å². The summed E-state index contributed by atoms with van der Waals surface area (Å²) in [7, 11) is -3.97. The molecule has 0 radical (unpaired) electrons. The van der Waals surface area contributed by atoms with Gasteiger partial charge in [0.25, 0.3) is 10.1 Å². The molecule has 0 bridgehead atoms. The highest BCUT2D eigenvalue weighted by atomic mass is 32.2. The average molecular weight is 330 g/mol. The summed E-state index contributed by atoms with van der Waals surface area (Å²) in [6, 6.07) is 0. The minimum atomic E-state index is -3.97. The first-order valence-electron chi connectivity index (χ1n) is 6.40. The number of ether oxygens (including phenoxy) is 4. The van der Waals surface area contributed by atoms with Crippen molar-refractivity contribution in [1.29, 1.82) is 0 Å². The number of carbonyl (C=O) groups is 1. The number of carboxylic acid groups (broad SMARTS) is 1. The van der Waals surface area contributed by atoms with Gasteiger partial charge in [-0.05, 0) is 0 Å². The Balaban J connectivity index is 3.07. The van der Waals surface area contributed by atoms with Crippen LogP contribution in [0.15, 0.2) is 0 Å². The normalized spacial score (nSPS) is 11.7. The molecule has 0 saturated heterocycles. The Morgan fingerprint density at radius 1 is 0.762 bits per heavy atom. The zero-order valence-corrected chi connectivity index (χ0v) is 12.5. The van der Waals surface area contributed by atoms with E-state index in [0.29, 0.717) is 33.0 Å². The van der Waals surface area contributed by atoms with Crippen LogP contribution in [-0.4, -0.2) is 82.7 Å². The van der Waals surface area contributed by atoms with Crippen molar-refractivity contribution in [3.63, 3.8) is 0 Å². The highest BCUT2D eigenvalue weighted by Gasteiger charge is 2.03. The van der Waals surface area contributed by atoms with Gasteiger partial charge in [0, 0.05) is 0 Å². The molecule has 0 atom stereocenters. The summed E-state index contributed by atoms with van der Waals surface area (Å²) in [6.07, 6.45) is -0.0271. The lowest BCUT2D eigenvalue weighted by Crippen LogP contribution is -2.15. The van der Waals surface area contributed by atoms with E-state index in [1.54, 1.807) is 0 Å². The zero-order chi connectivity index (χ0) is 16.0. The average Bonchev–Trinajstić information content (AvgIpc) is 2.37. The lowest BCUT2D eigenvalue weighted by molar-refractivity contribution is -0.138. The number of hydrogen-bond acceptors (Lipinski definition) is 7. The highest BCUT2D eigenvalue weighted by molar-refractivity contribution is 7.85. The third-order valence-corrected chi connectivity index (χ3v) is 2.74. The third kappa shape index (κ3) is 19.2. The van der Waals surface area contributed by atoms with Crippen LogP contribution in [0.4, 0.5) is 0 Å². The second-order valence-electron chi connectivity index (χ2n) is 3.88. The van der Waals surface area contributed by atoms with Crippen molar-refractivity contribution in [2.45, 2.75) is 6.42 Å². The van der Waals surface area contributed by atoms with Gasteiger partial charge in [0.1, 0.15) is 0 Å². The number of rotatable bonds is 15. The largest absolute Gasteiger partial charge is 0.481 e. The van der Waals surface area contributed by atoms with Crippen LogP contribution in [0.3, 0.4) is 0 Å². The summed E-state index contributed by atoms with van der Waals surface area (Å²) in [5.41, 5.74) is 0. The highest BCUT2D eigenvalue weighted by Crippen LogP contribution is 1.86. The summed E-state index contributed by atoms with van der Waals surface area (Å²) >= 11 is 0. The van der Waals surface area contributed by atoms with E-state index in [4.69, 9.17) is 28.6 Å². The number of carboxylic acids is 1. The molecule has 0 saturated carbocycles. The van der Waals surface area contributed by atoms with Gasteiger partial charge < -0.3 is 24.1 Å². The molecule has 21 heavy (non-hydrogen) atoms. The molecule has 10 heteroatoms. The predicted octanol–water partition coefficient (Wildman–Crippen LogP) is -0.585. The van der Waals surface area contributed by atoms with Crippen molar-refractivity contribution in [3.05, 3.63) is 0 Å². The minimum Gasteiger partial charge on any atom is -0.481 e. The van der Waals surface area contributed by atoms with E-state index in [2.05, 4.69) is 0 Å². The molecule has 0 fully saturated rings. The molecule has 0 rings (SSSR count). The zero-order valence-electron chi connectivity index (χ0n) is 11.7. The minimum absolute atomic E-state index is 0.0271. The second kappa shape index (κ2) is 12.9. The Hall–Kier alpha value is -0.780. The van der Waals surface area contributed by atoms with Gasteiger partial charge in [0.2, 0.25) is 0 Å². The topological polar surface area (TPSA) is 129 Å². The Bertz CT molecular complexity index is 355. The van der Waals surface area contributed by atoms with E-state index in [-0.39, 0.29) is 26.2 Å². The van der Waals surface area contributed by atoms with Gasteiger partial charge in [0.05, 0.1) is 65.0 Å². The molecule has 9 nitrogen and oxygen atoms in total. The van der Waals surface area contributed by atoms with Crippen LogP contribution in [0.25, 0.3) is 0 Å². The van der Waals surface area contributed by atoms with Gasteiger partial charge in [-0.2, -0.15) is 8.42 Å². The molecular weight excluding hydrogens is 308 g/mol. The first-order chi connectivity index (χ1) is 9.92. The Kier molecular flexibility index (Phi) is 12.4. The van der Waals surface area contributed by atoms with Gasteiger partial charge >= 0.3 is 5.97 Å². The lowest BCUT2D eigenvalue weighted by Gasteiger charge is -2.06. The van der Waals surface area contributed by atoms with E-state index < -0.39 is 21.8 Å². The Morgan fingerprint density at radius 3 is 1.52 bits per heavy atom. The molecule has 0 aromatic rings. The first kappa shape index (κ1) is 20.2. The molecule has 0 spiro atoms. The maximum atomic E-state index is 10.4. The number of hydrogen-bond donors (Lipinski definition) is 2. The predicted molar refractivity (Wildman–Crippen MR) is 71.9 cm³/mol. The van der Waals surface area contributed by atoms with Crippen molar-refractivity contribution in [2.75, 3.05) is 58.6 Å². The summed E-state index contributed by atoms with van der Waals surface area (Å²) in [5, 5.41) is 8.35. The fourth-order valence-corrected chi connectivity index (χ4v) is 1.41. The molecule has 0 aliphatic rings. The van der Waals surface area contributed by atoms with Gasteiger partial charge in [-0.1, -0.05) is 0 Å². The molecule has 0 unspecified atom stereocenters. The van der Waals surface area contributed by atoms with Gasteiger partial charge in [0.15, 0.2) is 0 Å². The summed E-state index contributed by atoms with van der Waals surface area (Å²) in [4.78, 5) is 10.2. The molecule has 2 N–H and O–H groups in total. The van der Waals surface area contributed by atoms with Crippen LogP contribution in [-0.2, 0) is 33.9 Å². The van der Waals surface area contributed by atoms with E-state index in [9.17, 15) is 13.2 Å². The van der Waals surface area contributed by atoms with Crippen LogP contribution in [0.2, 0.25) is 0 Å². The summed E-state index contributed by atoms with van der Waals surface area (Å²) in [6.45, 7) is 2.02. The van der Waals surface area contributed by atoms with Crippen LogP contribution in [0.1, 0.15) is 6.42 Å². The third-order valence-electron chi connectivity index (χ3n) is 2.06. The molecule has 0 heterocycles. The first-order valence-corrected chi connectivity index (χ1v) is 8.00. The maximum absolute atomic E-state index is 10.4. The Labute approximate surface area is 123 Å². The smallest absolute Gasteiger partial charge is 0.305 e.